The van der Waals surface area contributed by atoms with Crippen LogP contribution in [0.3, 0.4) is 0 Å². The van der Waals surface area contributed by atoms with Gasteiger partial charge in [-0.2, -0.15) is 0 Å². The smallest absolute Gasteiger partial charge is 0.132 e. The van der Waals surface area contributed by atoms with E-state index < -0.39 is 0 Å². The van der Waals surface area contributed by atoms with E-state index in [1.807, 2.05) is 31.2 Å². The van der Waals surface area contributed by atoms with Gasteiger partial charge in [0, 0.05) is 11.0 Å². The number of aromatic nitrogens is 1. The summed E-state index contributed by atoms with van der Waals surface area (Å²) in [5, 5.41) is 4.54. The van der Waals surface area contributed by atoms with E-state index in [1.165, 1.54) is 0 Å². The van der Waals surface area contributed by atoms with Gasteiger partial charge in [0.1, 0.15) is 5.15 Å². The van der Waals surface area contributed by atoms with Crippen LogP contribution in [0.2, 0.25) is 10.2 Å². The number of rotatable bonds is 3. The van der Waals surface area contributed by atoms with Gasteiger partial charge in [0.2, 0.25) is 0 Å². The van der Waals surface area contributed by atoms with Gasteiger partial charge in [0.15, 0.2) is 0 Å². The highest BCUT2D eigenvalue weighted by Gasteiger charge is 2.01. The minimum Gasteiger partial charge on any atom is -0.380 e. The Labute approximate surface area is 124 Å². The predicted octanol–water partition coefficient (Wildman–Crippen LogP) is 5.07. The molecule has 2 nitrogen and oxygen atoms in total. The third-order valence-electron chi connectivity index (χ3n) is 2.50. The average molecular weight is 346 g/mol. The lowest BCUT2D eigenvalue weighted by molar-refractivity contribution is 1.13. The first-order valence-corrected chi connectivity index (χ1v) is 6.91. The van der Waals surface area contributed by atoms with Crippen LogP contribution in [0.1, 0.15) is 11.1 Å². The van der Waals surface area contributed by atoms with E-state index in [0.29, 0.717) is 16.7 Å². The van der Waals surface area contributed by atoms with Crippen LogP contribution < -0.4 is 5.32 Å². The van der Waals surface area contributed by atoms with E-state index in [2.05, 4.69) is 26.2 Å². The summed E-state index contributed by atoms with van der Waals surface area (Å²) >= 11 is 15.2. The molecule has 0 aliphatic carbocycles. The van der Waals surface area contributed by atoms with Crippen LogP contribution in [0.15, 0.2) is 34.9 Å². The largest absolute Gasteiger partial charge is 0.380 e. The van der Waals surface area contributed by atoms with Crippen molar-refractivity contribution in [2.24, 2.45) is 0 Å². The second kappa shape index (κ2) is 5.91. The van der Waals surface area contributed by atoms with Gasteiger partial charge < -0.3 is 5.32 Å². The number of pyridine rings is 1. The van der Waals surface area contributed by atoms with Crippen molar-refractivity contribution >= 4 is 44.8 Å². The lowest BCUT2D eigenvalue weighted by atomic mass is 10.2. The molecule has 0 bridgehead atoms. The Kier molecular flexibility index (Phi) is 4.49. The van der Waals surface area contributed by atoms with Crippen LogP contribution in [0.4, 0.5) is 5.69 Å². The van der Waals surface area contributed by atoms with Crippen LogP contribution in [0, 0.1) is 6.92 Å². The molecule has 5 heteroatoms. The first kappa shape index (κ1) is 13.7. The van der Waals surface area contributed by atoms with Crippen LogP contribution >= 0.6 is 39.1 Å². The van der Waals surface area contributed by atoms with Crippen LogP contribution in [0.25, 0.3) is 0 Å². The molecule has 2 aromatic rings. The van der Waals surface area contributed by atoms with Gasteiger partial charge in [-0.05, 0) is 52.2 Å². The van der Waals surface area contributed by atoms with Gasteiger partial charge in [0.05, 0.1) is 16.9 Å². The van der Waals surface area contributed by atoms with Crippen LogP contribution in [0.5, 0.6) is 0 Å². The molecule has 0 saturated carbocycles. The lowest BCUT2D eigenvalue weighted by Crippen LogP contribution is -2.00. The number of benzene rings is 1. The Bertz CT molecular complexity index is 521. The van der Waals surface area contributed by atoms with Crippen molar-refractivity contribution in [1.29, 1.82) is 0 Å². The first-order valence-electron chi connectivity index (χ1n) is 5.36. The third-order valence-corrected chi connectivity index (χ3v) is 4.10. The molecule has 0 spiro atoms. The summed E-state index contributed by atoms with van der Waals surface area (Å²) in [7, 11) is 0. The van der Waals surface area contributed by atoms with Crippen molar-refractivity contribution in [2.45, 2.75) is 13.5 Å². The maximum Gasteiger partial charge on any atom is 0.132 e. The zero-order valence-corrected chi connectivity index (χ0v) is 12.8. The molecular weight excluding hydrogens is 335 g/mol. The zero-order valence-electron chi connectivity index (χ0n) is 9.67. The number of hydrogen-bond donors (Lipinski definition) is 1. The normalized spacial score (nSPS) is 10.4. The molecule has 94 valence electrons. The molecule has 0 aliphatic rings. The summed E-state index contributed by atoms with van der Waals surface area (Å²) < 4.78 is 0.897. The zero-order chi connectivity index (χ0) is 13.1. The Morgan fingerprint density at radius 2 is 2.06 bits per heavy atom. The number of anilines is 1. The SMILES string of the molecule is Cc1cc(NCc2ccc(Cl)c(Br)c2)cnc1Cl. The molecule has 1 aromatic carbocycles. The van der Waals surface area contributed by atoms with Gasteiger partial charge >= 0.3 is 0 Å². The number of halogens is 3. The Morgan fingerprint density at radius 3 is 2.72 bits per heavy atom. The molecule has 1 heterocycles. The van der Waals surface area contributed by atoms with Crippen molar-refractivity contribution in [3.8, 4) is 0 Å². The molecule has 1 N–H and O–H groups in total. The fourth-order valence-electron chi connectivity index (χ4n) is 1.51. The number of nitrogens with one attached hydrogen (secondary N) is 1. The van der Waals surface area contributed by atoms with Crippen molar-refractivity contribution in [1.82, 2.24) is 4.98 Å². The highest BCUT2D eigenvalue weighted by molar-refractivity contribution is 9.10. The molecule has 0 radical (unpaired) electrons. The second-order valence-electron chi connectivity index (χ2n) is 3.93. The molecule has 0 fully saturated rings. The van der Waals surface area contributed by atoms with Gasteiger partial charge in [-0.1, -0.05) is 29.3 Å². The maximum absolute atomic E-state index is 5.94. The fourth-order valence-corrected chi connectivity index (χ4v) is 2.16. The molecule has 1 aromatic heterocycles. The summed E-state index contributed by atoms with van der Waals surface area (Å²) in [4.78, 5) is 4.10. The first-order chi connectivity index (χ1) is 8.56. The van der Waals surface area contributed by atoms with Crippen LogP contribution in [-0.4, -0.2) is 4.98 Å². The van der Waals surface area contributed by atoms with E-state index in [4.69, 9.17) is 23.2 Å². The minimum atomic E-state index is 0.537. The Morgan fingerprint density at radius 1 is 1.28 bits per heavy atom. The van der Waals surface area contributed by atoms with E-state index in [9.17, 15) is 0 Å². The Balaban J connectivity index is 2.06. The molecule has 18 heavy (non-hydrogen) atoms. The summed E-state index contributed by atoms with van der Waals surface area (Å²) in [6, 6.07) is 7.82. The average Bonchev–Trinajstić information content (AvgIpc) is 2.35. The van der Waals surface area contributed by atoms with E-state index in [0.717, 1.165) is 21.3 Å². The molecule has 2 rings (SSSR count). The monoisotopic (exact) mass is 344 g/mol. The molecular formula is C13H11BrCl2N2. The molecule has 0 aliphatic heterocycles. The summed E-state index contributed by atoms with van der Waals surface area (Å²) in [6.07, 6.45) is 1.72. The van der Waals surface area contributed by atoms with Crippen molar-refractivity contribution < 1.29 is 0 Å². The van der Waals surface area contributed by atoms with Gasteiger partial charge in [-0.3, -0.25) is 0 Å². The lowest BCUT2D eigenvalue weighted by Gasteiger charge is -2.08. The second-order valence-corrected chi connectivity index (χ2v) is 5.55. The number of aryl methyl sites for hydroxylation is 1. The standard InChI is InChI=1S/C13H11BrCl2N2/c1-8-4-10(7-18-13(8)16)17-6-9-2-3-12(15)11(14)5-9/h2-5,7,17H,6H2,1H3. The fraction of sp³-hybridized carbons (Fsp3) is 0.154. The minimum absolute atomic E-state index is 0.537. The molecule has 0 atom stereocenters. The highest BCUT2D eigenvalue weighted by atomic mass is 79.9. The molecule has 0 saturated heterocycles. The van der Waals surface area contributed by atoms with Crippen LogP contribution in [-0.2, 0) is 6.54 Å². The van der Waals surface area contributed by atoms with Gasteiger partial charge in [0.25, 0.3) is 0 Å². The molecule has 0 amide bonds. The summed E-state index contributed by atoms with van der Waals surface area (Å²) in [6.45, 7) is 2.64. The number of nitrogens with zero attached hydrogens (tertiary/aromatic N) is 1. The quantitative estimate of drug-likeness (QED) is 0.785. The Hall–Kier alpha value is -0.770. The third kappa shape index (κ3) is 3.37. The predicted molar refractivity (Wildman–Crippen MR) is 80.5 cm³/mol. The van der Waals surface area contributed by atoms with E-state index in [-0.39, 0.29) is 0 Å². The summed E-state index contributed by atoms with van der Waals surface area (Å²) in [5.41, 5.74) is 3.04. The summed E-state index contributed by atoms with van der Waals surface area (Å²) in [5.74, 6) is 0. The van der Waals surface area contributed by atoms with E-state index in [1.54, 1.807) is 6.20 Å². The van der Waals surface area contributed by atoms with E-state index >= 15 is 0 Å². The molecule has 0 unspecified atom stereocenters. The van der Waals surface area contributed by atoms with Gasteiger partial charge in [-0.15, -0.1) is 0 Å². The topological polar surface area (TPSA) is 24.9 Å². The van der Waals surface area contributed by atoms with Crippen molar-refractivity contribution in [3.05, 3.63) is 56.2 Å². The van der Waals surface area contributed by atoms with Crippen molar-refractivity contribution in [3.63, 3.8) is 0 Å². The maximum atomic E-state index is 5.94. The highest BCUT2D eigenvalue weighted by Crippen LogP contribution is 2.24. The van der Waals surface area contributed by atoms with Gasteiger partial charge in [-0.25, -0.2) is 4.98 Å². The van der Waals surface area contributed by atoms with Crippen molar-refractivity contribution in [2.75, 3.05) is 5.32 Å². The number of hydrogen-bond acceptors (Lipinski definition) is 2.